The van der Waals surface area contributed by atoms with Crippen LogP contribution in [0.3, 0.4) is 0 Å². The number of hydrogen-bond donors (Lipinski definition) is 1. The number of aliphatic hydroxyl groups excluding tert-OH is 1. The number of benzene rings is 2. The first-order valence-electron chi connectivity index (χ1n) is 11.6. The molecule has 0 amide bonds. The fraction of sp³-hybridized carbons (Fsp3) is 0.520. The molecule has 0 radical (unpaired) electrons. The van der Waals surface area contributed by atoms with E-state index in [9.17, 15) is 5.11 Å². The molecule has 0 bridgehead atoms. The van der Waals surface area contributed by atoms with Crippen molar-refractivity contribution in [3.05, 3.63) is 42.5 Å². The highest BCUT2D eigenvalue weighted by atomic mass is 16.6. The molecule has 2 fully saturated rings. The van der Waals surface area contributed by atoms with Crippen molar-refractivity contribution in [2.45, 2.75) is 37.5 Å². The fourth-order valence-electron chi connectivity index (χ4n) is 4.99. The molecule has 2 atom stereocenters. The van der Waals surface area contributed by atoms with Crippen molar-refractivity contribution in [3.8, 4) is 23.0 Å². The minimum atomic E-state index is -0.524. The summed E-state index contributed by atoms with van der Waals surface area (Å²) < 4.78 is 22.9. The Hall–Kier alpha value is -2.64. The lowest BCUT2D eigenvalue weighted by Crippen LogP contribution is -2.54. The number of likely N-dealkylation sites (tertiary alicyclic amines) is 1. The van der Waals surface area contributed by atoms with Crippen molar-refractivity contribution in [1.29, 1.82) is 0 Å². The summed E-state index contributed by atoms with van der Waals surface area (Å²) in [5, 5.41) is 10.9. The van der Waals surface area contributed by atoms with E-state index < -0.39 is 6.10 Å². The van der Waals surface area contributed by atoms with Gasteiger partial charge in [-0.2, -0.15) is 0 Å². The van der Waals surface area contributed by atoms with Crippen LogP contribution in [0.4, 0.5) is 5.69 Å². The molecule has 7 heteroatoms. The van der Waals surface area contributed by atoms with E-state index in [1.165, 1.54) is 5.69 Å². The third-order valence-corrected chi connectivity index (χ3v) is 6.78. The van der Waals surface area contributed by atoms with Crippen LogP contribution in [0.5, 0.6) is 23.0 Å². The first kappa shape index (κ1) is 21.2. The number of anilines is 1. The monoisotopic (exact) mass is 440 g/mol. The molecule has 3 heterocycles. The maximum absolute atomic E-state index is 10.9. The predicted octanol–water partition coefficient (Wildman–Crippen LogP) is 2.95. The minimum absolute atomic E-state index is 0.234. The fourth-order valence-corrected chi connectivity index (χ4v) is 4.99. The summed E-state index contributed by atoms with van der Waals surface area (Å²) in [6.07, 6.45) is 2.24. The summed E-state index contributed by atoms with van der Waals surface area (Å²) in [6, 6.07) is 14.5. The molecule has 0 unspecified atom stereocenters. The van der Waals surface area contributed by atoms with Crippen LogP contribution in [0.15, 0.2) is 42.5 Å². The van der Waals surface area contributed by atoms with Gasteiger partial charge in [0.2, 0.25) is 5.75 Å². The van der Waals surface area contributed by atoms with Crippen molar-refractivity contribution in [1.82, 2.24) is 4.90 Å². The van der Waals surface area contributed by atoms with Gasteiger partial charge < -0.3 is 29.0 Å². The van der Waals surface area contributed by atoms with Gasteiger partial charge in [0.1, 0.15) is 31.2 Å². The number of para-hydroxylation sites is 1. The Morgan fingerprint density at radius 2 is 1.72 bits per heavy atom. The first-order valence-corrected chi connectivity index (χ1v) is 11.6. The quantitative estimate of drug-likeness (QED) is 0.767. The van der Waals surface area contributed by atoms with E-state index in [-0.39, 0.29) is 6.10 Å². The summed E-state index contributed by atoms with van der Waals surface area (Å²) >= 11 is 0. The number of ether oxygens (including phenoxy) is 4. The third-order valence-electron chi connectivity index (χ3n) is 6.78. The highest BCUT2D eigenvalue weighted by Crippen LogP contribution is 2.40. The Kier molecular flexibility index (Phi) is 6.28. The average molecular weight is 441 g/mol. The Labute approximate surface area is 189 Å². The molecule has 0 aliphatic carbocycles. The minimum Gasteiger partial charge on any atom is -0.497 e. The molecule has 2 aromatic rings. The molecule has 7 nitrogen and oxygen atoms in total. The van der Waals surface area contributed by atoms with Crippen LogP contribution in [0, 0.1) is 0 Å². The molecule has 2 aromatic carbocycles. The van der Waals surface area contributed by atoms with Gasteiger partial charge in [-0.25, -0.2) is 0 Å². The number of fused-ring (bicyclic) bond motifs is 1. The maximum atomic E-state index is 10.9. The van der Waals surface area contributed by atoms with Gasteiger partial charge in [0.25, 0.3) is 0 Å². The van der Waals surface area contributed by atoms with Crippen LogP contribution >= 0.6 is 0 Å². The van der Waals surface area contributed by atoms with E-state index in [1.54, 1.807) is 7.11 Å². The highest BCUT2D eigenvalue weighted by Gasteiger charge is 2.35. The number of rotatable bonds is 5. The predicted molar refractivity (Wildman–Crippen MR) is 122 cm³/mol. The van der Waals surface area contributed by atoms with E-state index in [2.05, 4.69) is 21.9 Å². The van der Waals surface area contributed by atoms with Crippen LogP contribution in [0.1, 0.15) is 19.3 Å². The van der Waals surface area contributed by atoms with Gasteiger partial charge >= 0.3 is 0 Å². The zero-order valence-corrected chi connectivity index (χ0v) is 18.6. The standard InChI is InChI=1S/C25H32N2O5/c1-29-20-7-5-18(6-8-20)26-12-9-19(10-13-26)27-14-11-22(21(28)17-27)32-24-4-2-3-23-25(24)31-16-15-30-23/h2-8,19,21-22,28H,9-17H2,1H3/t21-,22-/m1/s1. The molecule has 32 heavy (non-hydrogen) atoms. The van der Waals surface area contributed by atoms with E-state index in [1.807, 2.05) is 30.3 Å². The first-order chi connectivity index (χ1) is 15.7. The van der Waals surface area contributed by atoms with Gasteiger partial charge in [-0.1, -0.05) is 6.07 Å². The number of β-amino-alcohol motifs (C(OH)–C–C–N with tert-alkyl or cyclic N) is 1. The molecule has 0 saturated carbocycles. The second kappa shape index (κ2) is 9.46. The summed E-state index contributed by atoms with van der Waals surface area (Å²) in [5.41, 5.74) is 1.24. The van der Waals surface area contributed by atoms with Crippen molar-refractivity contribution >= 4 is 5.69 Å². The van der Waals surface area contributed by atoms with Gasteiger partial charge in [0.05, 0.1) is 7.11 Å². The van der Waals surface area contributed by atoms with Crippen LogP contribution in [0.25, 0.3) is 0 Å². The molecule has 2 saturated heterocycles. The Balaban J connectivity index is 1.14. The van der Waals surface area contributed by atoms with Gasteiger partial charge in [-0.05, 0) is 55.7 Å². The largest absolute Gasteiger partial charge is 0.497 e. The number of methoxy groups -OCH3 is 1. The molecule has 0 spiro atoms. The zero-order chi connectivity index (χ0) is 21.9. The number of hydrogen-bond acceptors (Lipinski definition) is 7. The summed E-state index contributed by atoms with van der Waals surface area (Å²) in [5.74, 6) is 2.91. The Morgan fingerprint density at radius 3 is 2.47 bits per heavy atom. The molecule has 3 aliphatic heterocycles. The van der Waals surface area contributed by atoms with Crippen LogP contribution in [0.2, 0.25) is 0 Å². The normalized spacial score (nSPS) is 24.2. The number of aliphatic hydroxyl groups is 1. The van der Waals surface area contributed by atoms with Crippen molar-refractivity contribution in [2.24, 2.45) is 0 Å². The van der Waals surface area contributed by atoms with Crippen LogP contribution in [-0.2, 0) is 0 Å². The summed E-state index contributed by atoms with van der Waals surface area (Å²) in [6.45, 7) is 4.69. The lowest BCUT2D eigenvalue weighted by Gasteiger charge is -2.44. The summed E-state index contributed by atoms with van der Waals surface area (Å²) in [4.78, 5) is 4.87. The SMILES string of the molecule is COc1ccc(N2CCC(N3CC[C@@H](Oc4cccc5c4OCCO5)[C@H](O)C3)CC2)cc1. The van der Waals surface area contributed by atoms with Gasteiger partial charge in [0, 0.05) is 37.9 Å². The molecule has 3 aliphatic rings. The number of nitrogens with zero attached hydrogens (tertiary/aromatic N) is 2. The lowest BCUT2D eigenvalue weighted by molar-refractivity contribution is -0.0411. The number of piperidine rings is 2. The second-order valence-electron chi connectivity index (χ2n) is 8.70. The van der Waals surface area contributed by atoms with E-state index in [4.69, 9.17) is 18.9 Å². The van der Waals surface area contributed by atoms with Gasteiger partial charge in [-0.15, -0.1) is 0 Å². The van der Waals surface area contributed by atoms with Crippen LogP contribution < -0.4 is 23.8 Å². The van der Waals surface area contributed by atoms with E-state index in [0.29, 0.717) is 43.0 Å². The molecule has 172 valence electrons. The van der Waals surface area contributed by atoms with Crippen molar-refractivity contribution in [2.75, 3.05) is 51.4 Å². The summed E-state index contributed by atoms with van der Waals surface area (Å²) in [7, 11) is 1.69. The maximum Gasteiger partial charge on any atom is 0.203 e. The van der Waals surface area contributed by atoms with Gasteiger partial charge in [-0.3, -0.25) is 4.90 Å². The Morgan fingerprint density at radius 1 is 0.938 bits per heavy atom. The van der Waals surface area contributed by atoms with Gasteiger partial charge in [0.15, 0.2) is 11.5 Å². The zero-order valence-electron chi connectivity index (χ0n) is 18.6. The smallest absolute Gasteiger partial charge is 0.203 e. The Bertz CT molecular complexity index is 898. The third kappa shape index (κ3) is 4.45. The topological polar surface area (TPSA) is 63.6 Å². The van der Waals surface area contributed by atoms with Crippen molar-refractivity contribution < 1.29 is 24.1 Å². The lowest BCUT2D eigenvalue weighted by atomic mass is 9.97. The second-order valence-corrected chi connectivity index (χ2v) is 8.70. The molecular formula is C25H32N2O5. The molecule has 5 rings (SSSR count). The van der Waals surface area contributed by atoms with Crippen LogP contribution in [-0.4, -0.2) is 74.8 Å². The van der Waals surface area contributed by atoms with E-state index >= 15 is 0 Å². The molecular weight excluding hydrogens is 408 g/mol. The van der Waals surface area contributed by atoms with Crippen molar-refractivity contribution in [3.63, 3.8) is 0 Å². The van der Waals surface area contributed by atoms with E-state index in [0.717, 1.165) is 44.6 Å². The molecule has 1 N–H and O–H groups in total. The highest BCUT2D eigenvalue weighted by molar-refractivity contribution is 5.52. The molecule has 0 aromatic heterocycles. The average Bonchev–Trinajstić information content (AvgIpc) is 2.85.